The summed E-state index contributed by atoms with van der Waals surface area (Å²) in [7, 11) is 0. The average Bonchev–Trinajstić information content (AvgIpc) is 3.39. The highest BCUT2D eigenvalue weighted by atomic mass is 16.5. The van der Waals surface area contributed by atoms with Crippen LogP contribution in [-0.4, -0.2) is 38.9 Å². The maximum atomic E-state index is 6.19. The molecule has 148 valence electrons. The van der Waals surface area contributed by atoms with Crippen LogP contribution in [-0.2, 0) is 0 Å². The van der Waals surface area contributed by atoms with E-state index in [9.17, 15) is 0 Å². The Hall–Kier alpha value is -2.61. The Morgan fingerprint density at radius 2 is 1.96 bits per heavy atom. The second-order valence-corrected chi connectivity index (χ2v) is 7.68. The molecule has 3 aromatic heterocycles. The van der Waals surface area contributed by atoms with E-state index >= 15 is 0 Å². The summed E-state index contributed by atoms with van der Waals surface area (Å²) in [6.45, 7) is 2.07. The van der Waals surface area contributed by atoms with Gasteiger partial charge in [0.2, 0.25) is 11.5 Å². The minimum atomic E-state index is 0.201. The van der Waals surface area contributed by atoms with Crippen LogP contribution in [0, 0.1) is 0 Å². The van der Waals surface area contributed by atoms with E-state index in [1.165, 1.54) is 19.3 Å². The first kappa shape index (κ1) is 17.5. The second kappa shape index (κ2) is 7.79. The van der Waals surface area contributed by atoms with Crippen LogP contribution in [0.3, 0.4) is 0 Å². The Kier molecular flexibility index (Phi) is 4.86. The summed E-state index contributed by atoms with van der Waals surface area (Å²) in [5.41, 5.74) is 2.24. The molecule has 1 saturated heterocycles. The van der Waals surface area contributed by atoms with Gasteiger partial charge in [0.1, 0.15) is 11.6 Å². The minimum absolute atomic E-state index is 0.201. The van der Waals surface area contributed by atoms with Gasteiger partial charge in [0.15, 0.2) is 0 Å². The Balaban J connectivity index is 1.36. The molecule has 0 radical (unpaired) electrons. The van der Waals surface area contributed by atoms with Crippen LogP contribution in [0.4, 0.5) is 11.6 Å². The molecule has 0 atom stereocenters. The molecule has 2 aliphatic rings. The van der Waals surface area contributed by atoms with Gasteiger partial charge in [-0.05, 0) is 51.6 Å². The molecule has 0 unspecified atom stereocenters. The number of aromatic nitrogens is 4. The zero-order chi connectivity index (χ0) is 18.8. The van der Waals surface area contributed by atoms with Gasteiger partial charge in [-0.15, -0.1) is 0 Å². The van der Waals surface area contributed by atoms with Crippen molar-refractivity contribution in [1.29, 1.82) is 0 Å². The zero-order valence-corrected chi connectivity index (χ0v) is 15.9. The van der Waals surface area contributed by atoms with Gasteiger partial charge in [-0.2, -0.15) is 10.1 Å². The number of furan rings is 1. The van der Waals surface area contributed by atoms with E-state index in [1.807, 2.05) is 23.1 Å². The molecule has 4 heterocycles. The van der Waals surface area contributed by atoms with E-state index in [1.54, 1.807) is 6.26 Å². The van der Waals surface area contributed by atoms with Crippen LogP contribution < -0.4 is 15.4 Å². The van der Waals surface area contributed by atoms with Crippen molar-refractivity contribution in [3.63, 3.8) is 0 Å². The Bertz CT molecular complexity index is 924. The SMILES string of the molecule is c1cc2nc(Nc3cnn(C4CCNCC4)c3)nc(OC3CCCCC3)c2o1. The van der Waals surface area contributed by atoms with E-state index in [-0.39, 0.29) is 6.10 Å². The smallest absolute Gasteiger partial charge is 0.263 e. The van der Waals surface area contributed by atoms with Gasteiger partial charge in [0.05, 0.1) is 24.2 Å². The lowest BCUT2D eigenvalue weighted by molar-refractivity contribution is 0.149. The van der Waals surface area contributed by atoms with Crippen molar-refractivity contribution in [2.45, 2.75) is 57.1 Å². The Labute approximate surface area is 163 Å². The number of nitrogens with one attached hydrogen (secondary N) is 2. The lowest BCUT2D eigenvalue weighted by atomic mass is 9.98. The number of nitrogens with zero attached hydrogens (tertiary/aromatic N) is 4. The quantitative estimate of drug-likeness (QED) is 0.694. The third kappa shape index (κ3) is 3.69. The molecule has 0 spiro atoms. The van der Waals surface area contributed by atoms with Crippen LogP contribution in [0.15, 0.2) is 29.1 Å². The lowest BCUT2D eigenvalue weighted by Gasteiger charge is -2.22. The van der Waals surface area contributed by atoms with E-state index in [0.29, 0.717) is 23.5 Å². The highest BCUT2D eigenvalue weighted by Crippen LogP contribution is 2.30. The summed E-state index contributed by atoms with van der Waals surface area (Å²) in [6, 6.07) is 2.29. The fourth-order valence-corrected chi connectivity index (χ4v) is 4.12. The van der Waals surface area contributed by atoms with Crippen LogP contribution in [0.5, 0.6) is 5.88 Å². The molecule has 0 bridgehead atoms. The summed E-state index contributed by atoms with van der Waals surface area (Å²) in [5.74, 6) is 1.03. The van der Waals surface area contributed by atoms with Crippen molar-refractivity contribution < 1.29 is 9.15 Å². The predicted molar refractivity (Wildman–Crippen MR) is 106 cm³/mol. The van der Waals surface area contributed by atoms with Crippen LogP contribution in [0.1, 0.15) is 51.0 Å². The van der Waals surface area contributed by atoms with E-state index < -0.39 is 0 Å². The van der Waals surface area contributed by atoms with Gasteiger partial charge in [0.25, 0.3) is 5.88 Å². The van der Waals surface area contributed by atoms with Gasteiger partial charge in [-0.1, -0.05) is 6.42 Å². The third-order valence-electron chi connectivity index (χ3n) is 5.64. The van der Waals surface area contributed by atoms with E-state index in [2.05, 4.69) is 25.7 Å². The summed E-state index contributed by atoms with van der Waals surface area (Å²) >= 11 is 0. The second-order valence-electron chi connectivity index (χ2n) is 7.68. The third-order valence-corrected chi connectivity index (χ3v) is 5.64. The van der Waals surface area contributed by atoms with Crippen LogP contribution in [0.2, 0.25) is 0 Å². The average molecular weight is 382 g/mol. The molecular formula is C20H26N6O2. The molecule has 3 aromatic rings. The van der Waals surface area contributed by atoms with Gasteiger partial charge in [0, 0.05) is 12.3 Å². The van der Waals surface area contributed by atoms with Gasteiger partial charge in [-0.3, -0.25) is 4.68 Å². The molecule has 8 nitrogen and oxygen atoms in total. The fraction of sp³-hybridized carbons (Fsp3) is 0.550. The summed E-state index contributed by atoms with van der Waals surface area (Å²) < 4.78 is 13.8. The van der Waals surface area contributed by atoms with Crippen molar-refractivity contribution in [2.75, 3.05) is 18.4 Å². The Morgan fingerprint density at radius 3 is 2.82 bits per heavy atom. The van der Waals surface area contributed by atoms with E-state index in [0.717, 1.165) is 50.0 Å². The van der Waals surface area contributed by atoms with Crippen molar-refractivity contribution in [3.8, 4) is 5.88 Å². The topological polar surface area (TPSA) is 90.0 Å². The molecule has 2 fully saturated rings. The standard InChI is InChI=1S/C20H26N6O2/c1-2-4-16(5-3-1)28-19-18-17(8-11-27-18)24-20(25-19)23-14-12-22-26(13-14)15-6-9-21-10-7-15/h8,11-13,15-16,21H,1-7,9-10H2,(H,23,24,25). The maximum absolute atomic E-state index is 6.19. The van der Waals surface area contributed by atoms with Crippen molar-refractivity contribution in [3.05, 3.63) is 24.7 Å². The molecule has 28 heavy (non-hydrogen) atoms. The van der Waals surface area contributed by atoms with Gasteiger partial charge < -0.3 is 19.8 Å². The van der Waals surface area contributed by atoms with E-state index in [4.69, 9.17) is 9.15 Å². The monoisotopic (exact) mass is 382 g/mol. The summed E-state index contributed by atoms with van der Waals surface area (Å²) in [5, 5.41) is 11.2. The van der Waals surface area contributed by atoms with Crippen LogP contribution in [0.25, 0.3) is 11.1 Å². The van der Waals surface area contributed by atoms with Crippen molar-refractivity contribution in [2.24, 2.45) is 0 Å². The predicted octanol–water partition coefficient (Wildman–Crippen LogP) is 3.80. The highest BCUT2D eigenvalue weighted by Gasteiger charge is 2.20. The first-order valence-corrected chi connectivity index (χ1v) is 10.3. The first-order chi connectivity index (χ1) is 13.8. The number of piperidine rings is 1. The molecule has 1 aliphatic carbocycles. The van der Waals surface area contributed by atoms with Crippen LogP contribution >= 0.6 is 0 Å². The molecule has 8 heteroatoms. The summed E-state index contributed by atoms with van der Waals surface area (Å²) in [6.07, 6.45) is 13.7. The highest BCUT2D eigenvalue weighted by molar-refractivity contribution is 5.79. The molecule has 5 rings (SSSR count). The molecule has 0 aromatic carbocycles. The normalized spacial score (nSPS) is 19.1. The molecule has 2 N–H and O–H groups in total. The number of rotatable bonds is 5. The first-order valence-electron chi connectivity index (χ1n) is 10.3. The molecule has 0 amide bonds. The lowest BCUT2D eigenvalue weighted by Crippen LogP contribution is -2.29. The number of hydrogen-bond donors (Lipinski definition) is 2. The largest absolute Gasteiger partial charge is 0.472 e. The van der Waals surface area contributed by atoms with Gasteiger partial charge in [-0.25, -0.2) is 4.98 Å². The molecule has 1 saturated carbocycles. The minimum Gasteiger partial charge on any atom is -0.472 e. The number of fused-ring (bicyclic) bond motifs is 1. The van der Waals surface area contributed by atoms with Gasteiger partial charge >= 0.3 is 0 Å². The fourth-order valence-electron chi connectivity index (χ4n) is 4.12. The molecular weight excluding hydrogens is 356 g/mol. The Morgan fingerprint density at radius 1 is 1.11 bits per heavy atom. The number of hydrogen-bond acceptors (Lipinski definition) is 7. The number of anilines is 2. The van der Waals surface area contributed by atoms with Crippen molar-refractivity contribution in [1.82, 2.24) is 25.1 Å². The maximum Gasteiger partial charge on any atom is 0.263 e. The zero-order valence-electron chi connectivity index (χ0n) is 15.9. The molecule has 1 aliphatic heterocycles. The number of ether oxygens (including phenoxy) is 1. The van der Waals surface area contributed by atoms with Crippen molar-refractivity contribution >= 4 is 22.7 Å². The summed E-state index contributed by atoms with van der Waals surface area (Å²) in [4.78, 5) is 9.16.